The second-order valence-electron chi connectivity index (χ2n) is 19.3. The quantitative estimate of drug-likeness (QED) is 0.0421. The fourth-order valence-corrected chi connectivity index (χ4v) is 8.58. The largest absolute Gasteiger partial charge is 0.394 e. The van der Waals surface area contributed by atoms with Crippen molar-refractivity contribution in [3.63, 3.8) is 0 Å². The summed E-state index contributed by atoms with van der Waals surface area (Å²) in [6.07, 6.45) is 82.8. The van der Waals surface area contributed by atoms with Crippen LogP contribution in [0.1, 0.15) is 284 Å². The molecule has 2 atom stereocenters. The summed E-state index contributed by atoms with van der Waals surface area (Å²) in [5.41, 5.74) is 0. The van der Waals surface area contributed by atoms with Gasteiger partial charge in [-0.3, -0.25) is 4.79 Å². The molecule has 0 aliphatic heterocycles. The molecule has 0 rings (SSSR count). The Bertz CT molecular complexity index is 1180. The van der Waals surface area contributed by atoms with Crippen LogP contribution >= 0.6 is 0 Å². The van der Waals surface area contributed by atoms with Crippen molar-refractivity contribution in [2.75, 3.05) is 6.61 Å². The molecule has 382 valence electrons. The zero-order valence-electron chi connectivity index (χ0n) is 43.9. The summed E-state index contributed by atoms with van der Waals surface area (Å²) < 4.78 is 0. The lowest BCUT2D eigenvalue weighted by Gasteiger charge is -2.22. The number of carbonyl (C=O) groups excluding carboxylic acids is 1. The van der Waals surface area contributed by atoms with Gasteiger partial charge in [0, 0.05) is 6.42 Å². The Morgan fingerprint density at radius 1 is 0.379 bits per heavy atom. The van der Waals surface area contributed by atoms with Crippen LogP contribution in [0.2, 0.25) is 0 Å². The molecule has 0 aromatic carbocycles. The van der Waals surface area contributed by atoms with Crippen molar-refractivity contribution in [2.24, 2.45) is 0 Å². The molecule has 0 aromatic heterocycles. The third-order valence-corrected chi connectivity index (χ3v) is 12.9. The van der Waals surface area contributed by atoms with Gasteiger partial charge in [0.1, 0.15) is 0 Å². The van der Waals surface area contributed by atoms with Gasteiger partial charge in [0.15, 0.2) is 0 Å². The van der Waals surface area contributed by atoms with Crippen LogP contribution in [0.3, 0.4) is 0 Å². The molecular weight excluding hydrogens is 807 g/mol. The molecule has 0 fully saturated rings. The normalized spacial score (nSPS) is 13.5. The lowest BCUT2D eigenvalue weighted by atomic mass is 10.0. The number of amides is 1. The maximum absolute atomic E-state index is 12.5. The molecular formula is C62H111NO3. The Morgan fingerprint density at radius 2 is 0.667 bits per heavy atom. The Hall–Kier alpha value is -2.43. The number of hydrogen-bond donors (Lipinski definition) is 3. The molecule has 3 N–H and O–H groups in total. The van der Waals surface area contributed by atoms with Crippen LogP contribution in [0.4, 0.5) is 0 Å². The highest BCUT2D eigenvalue weighted by Gasteiger charge is 2.20. The van der Waals surface area contributed by atoms with Crippen LogP contribution in [0.25, 0.3) is 0 Å². The van der Waals surface area contributed by atoms with Crippen LogP contribution in [0.5, 0.6) is 0 Å². The molecule has 0 saturated carbocycles. The molecule has 0 radical (unpaired) electrons. The van der Waals surface area contributed by atoms with Crippen molar-refractivity contribution in [3.8, 4) is 0 Å². The van der Waals surface area contributed by atoms with Gasteiger partial charge in [0.25, 0.3) is 0 Å². The van der Waals surface area contributed by atoms with E-state index in [2.05, 4.69) is 104 Å². The Labute approximate surface area is 411 Å². The first kappa shape index (κ1) is 63.6. The van der Waals surface area contributed by atoms with Crippen molar-refractivity contribution in [2.45, 2.75) is 296 Å². The predicted molar refractivity (Wildman–Crippen MR) is 294 cm³/mol. The molecule has 0 aliphatic rings. The van der Waals surface area contributed by atoms with Gasteiger partial charge in [0.2, 0.25) is 5.91 Å². The van der Waals surface area contributed by atoms with Crippen molar-refractivity contribution >= 4 is 5.91 Å². The third-order valence-electron chi connectivity index (χ3n) is 12.9. The highest BCUT2D eigenvalue weighted by atomic mass is 16.3. The third kappa shape index (κ3) is 52.5. The Balaban J connectivity index is 3.52. The van der Waals surface area contributed by atoms with Crippen LogP contribution in [0.15, 0.2) is 85.1 Å². The molecule has 4 heteroatoms. The van der Waals surface area contributed by atoms with Gasteiger partial charge in [-0.25, -0.2) is 0 Å². The molecule has 66 heavy (non-hydrogen) atoms. The van der Waals surface area contributed by atoms with Gasteiger partial charge in [-0.2, -0.15) is 0 Å². The van der Waals surface area contributed by atoms with Crippen molar-refractivity contribution in [1.82, 2.24) is 5.32 Å². The molecule has 1 amide bonds. The standard InChI is InChI=1S/C62H111NO3/c1-3-5-7-9-11-13-15-17-19-21-23-25-26-27-28-29-30-31-32-33-34-35-36-38-40-42-44-46-48-50-52-54-56-58-62(66)63-60(59-64)61(65)57-55-53-51-49-47-45-43-41-39-37-24-22-20-18-16-14-12-10-8-6-4-2/h5,7,11,13,17,19,23,25,27-28,30-31,33-34,60-61,64-65H,3-4,6,8-10,12,14-16,18,20-22,24,26,29,32,35-59H2,1-2H3,(H,63,66)/b7-5-,13-11-,19-17-,25-23-,28-27-,31-30-,34-33-. The van der Waals surface area contributed by atoms with E-state index in [4.69, 9.17) is 0 Å². The van der Waals surface area contributed by atoms with E-state index in [1.807, 2.05) is 0 Å². The number of unbranched alkanes of at least 4 members (excludes halogenated alkanes) is 31. The van der Waals surface area contributed by atoms with Gasteiger partial charge >= 0.3 is 0 Å². The Morgan fingerprint density at radius 3 is 1.00 bits per heavy atom. The van der Waals surface area contributed by atoms with Crippen LogP contribution in [-0.4, -0.2) is 34.9 Å². The number of nitrogens with one attached hydrogen (secondary N) is 1. The fraction of sp³-hybridized carbons (Fsp3) is 0.758. The van der Waals surface area contributed by atoms with E-state index in [1.165, 1.54) is 186 Å². The average Bonchev–Trinajstić information content (AvgIpc) is 3.32. The molecule has 0 spiro atoms. The number of aliphatic hydroxyl groups is 2. The lowest BCUT2D eigenvalue weighted by molar-refractivity contribution is -0.123. The summed E-state index contributed by atoms with van der Waals surface area (Å²) in [6.45, 7) is 4.26. The smallest absolute Gasteiger partial charge is 0.220 e. The fourth-order valence-electron chi connectivity index (χ4n) is 8.58. The molecule has 0 aromatic rings. The summed E-state index contributed by atoms with van der Waals surface area (Å²) in [6, 6.07) is -0.543. The number of allylic oxidation sites excluding steroid dienone is 14. The zero-order valence-corrected chi connectivity index (χ0v) is 43.9. The molecule has 0 heterocycles. The van der Waals surface area contributed by atoms with Crippen LogP contribution in [-0.2, 0) is 4.79 Å². The maximum Gasteiger partial charge on any atom is 0.220 e. The van der Waals surface area contributed by atoms with Crippen LogP contribution in [0, 0.1) is 0 Å². The highest BCUT2D eigenvalue weighted by Crippen LogP contribution is 2.17. The summed E-state index contributed by atoms with van der Waals surface area (Å²) in [5.74, 6) is -0.0349. The van der Waals surface area contributed by atoms with E-state index in [-0.39, 0.29) is 12.5 Å². The van der Waals surface area contributed by atoms with E-state index in [1.54, 1.807) is 0 Å². The van der Waals surface area contributed by atoms with Crippen molar-refractivity contribution < 1.29 is 15.0 Å². The minimum Gasteiger partial charge on any atom is -0.394 e. The van der Waals surface area contributed by atoms with Crippen molar-refractivity contribution in [1.29, 1.82) is 0 Å². The summed E-state index contributed by atoms with van der Waals surface area (Å²) in [5, 5.41) is 23.4. The first-order valence-corrected chi connectivity index (χ1v) is 28.8. The lowest BCUT2D eigenvalue weighted by Crippen LogP contribution is -2.45. The van der Waals surface area contributed by atoms with E-state index < -0.39 is 12.1 Å². The Kier molecular flexibility index (Phi) is 54.8. The number of rotatable bonds is 52. The molecule has 4 nitrogen and oxygen atoms in total. The molecule has 2 unspecified atom stereocenters. The molecule has 0 bridgehead atoms. The summed E-state index contributed by atoms with van der Waals surface area (Å²) in [7, 11) is 0. The second kappa shape index (κ2) is 56.9. The zero-order chi connectivity index (χ0) is 47.7. The SMILES string of the molecule is CC/C=C\C/C=C\C/C=C\C/C=C\C/C=C\C/C=C\C/C=C\CCCCCCCCCCCCCC(=O)NC(CO)C(O)CCCCCCCCCCCCCCCCCCCCCCC. The molecule has 0 aliphatic carbocycles. The number of aliphatic hydroxyl groups excluding tert-OH is 2. The van der Waals surface area contributed by atoms with Crippen molar-refractivity contribution in [3.05, 3.63) is 85.1 Å². The van der Waals surface area contributed by atoms with Gasteiger partial charge in [-0.05, 0) is 70.6 Å². The van der Waals surface area contributed by atoms with Gasteiger partial charge in [0.05, 0.1) is 18.8 Å². The number of hydrogen-bond acceptors (Lipinski definition) is 3. The minimum absolute atomic E-state index is 0.0349. The summed E-state index contributed by atoms with van der Waals surface area (Å²) >= 11 is 0. The highest BCUT2D eigenvalue weighted by molar-refractivity contribution is 5.76. The van der Waals surface area contributed by atoms with Crippen LogP contribution < -0.4 is 5.32 Å². The topological polar surface area (TPSA) is 69.6 Å². The second-order valence-corrected chi connectivity index (χ2v) is 19.3. The summed E-state index contributed by atoms with van der Waals surface area (Å²) in [4.78, 5) is 12.5. The van der Waals surface area contributed by atoms with E-state index in [0.717, 1.165) is 70.6 Å². The van der Waals surface area contributed by atoms with Gasteiger partial charge in [-0.15, -0.1) is 0 Å². The van der Waals surface area contributed by atoms with E-state index in [9.17, 15) is 15.0 Å². The monoisotopic (exact) mass is 918 g/mol. The first-order chi connectivity index (χ1) is 32.7. The average molecular weight is 919 g/mol. The van der Waals surface area contributed by atoms with Gasteiger partial charge < -0.3 is 15.5 Å². The molecule has 0 saturated heterocycles. The first-order valence-electron chi connectivity index (χ1n) is 28.8. The number of carbonyl (C=O) groups is 1. The maximum atomic E-state index is 12.5. The predicted octanol–water partition coefficient (Wildman–Crippen LogP) is 19.1. The van der Waals surface area contributed by atoms with E-state index >= 15 is 0 Å². The minimum atomic E-state index is -0.666. The van der Waals surface area contributed by atoms with Gasteiger partial charge in [-0.1, -0.05) is 292 Å². The van der Waals surface area contributed by atoms with E-state index in [0.29, 0.717) is 12.8 Å².